The van der Waals surface area contributed by atoms with Crippen molar-refractivity contribution in [2.45, 2.75) is 0 Å². The summed E-state index contributed by atoms with van der Waals surface area (Å²) in [6.07, 6.45) is 6.83. The molecule has 0 bridgehead atoms. The zero-order valence-electron chi connectivity index (χ0n) is 4.20. The normalized spacial score (nSPS) is 15.9. The molecule has 1 heterocycles. The molecule has 0 aliphatic carbocycles. The van der Waals surface area contributed by atoms with Crippen LogP contribution in [0, 0.1) is 0 Å². The molecule has 1 aliphatic rings. The Balaban J connectivity index is 2.94. The molecule has 0 aromatic heterocycles. The van der Waals surface area contributed by atoms with Gasteiger partial charge in [-0.1, -0.05) is 0 Å². The van der Waals surface area contributed by atoms with Crippen molar-refractivity contribution in [2.24, 2.45) is 4.99 Å². The predicted octanol–water partition coefficient (Wildman–Crippen LogP) is 1.55. The molecule has 0 fully saturated rings. The largest absolute Gasteiger partial charge is 0.263 e. The summed E-state index contributed by atoms with van der Waals surface area (Å²) < 4.78 is 0. The van der Waals surface area contributed by atoms with Crippen molar-refractivity contribution in [3.8, 4) is 0 Å². The lowest BCUT2D eigenvalue weighted by Crippen LogP contribution is -1.56. The molecule has 8 heavy (non-hydrogen) atoms. The first kappa shape index (κ1) is 5.42. The van der Waals surface area contributed by atoms with Crippen molar-refractivity contribution in [2.75, 3.05) is 0 Å². The van der Waals surface area contributed by atoms with E-state index < -0.39 is 0 Å². The van der Waals surface area contributed by atoms with Crippen LogP contribution in [0.2, 0.25) is 0 Å². The highest BCUT2D eigenvalue weighted by molar-refractivity contribution is 7.84. The minimum atomic E-state index is 0.829. The Kier molecular flexibility index (Phi) is 1.73. The van der Waals surface area contributed by atoms with E-state index >= 15 is 0 Å². The van der Waals surface area contributed by atoms with Gasteiger partial charge in [0, 0.05) is 17.3 Å². The molecule has 0 saturated carbocycles. The second-order valence-corrected chi connectivity index (χ2v) is 1.85. The maximum absolute atomic E-state index is 4.04. The number of nitrogens with zero attached hydrogens (tertiary/aromatic N) is 1. The molecule has 1 aliphatic heterocycles. The summed E-state index contributed by atoms with van der Waals surface area (Å²) in [5, 5.41) is 0. The summed E-state index contributed by atoms with van der Waals surface area (Å²) >= 11 is 4.04. The molecule has 0 aromatic carbocycles. The van der Waals surface area contributed by atoms with Gasteiger partial charge in [-0.15, -0.1) is 18.4 Å². The van der Waals surface area contributed by atoms with Gasteiger partial charge < -0.3 is 0 Å². The van der Waals surface area contributed by atoms with Crippen LogP contribution >= 0.6 is 12.6 Å². The first-order chi connectivity index (χ1) is 3.89. The SMILES string of the molecule is SC1=CN=CC=C=C1. The van der Waals surface area contributed by atoms with Crippen LogP contribution < -0.4 is 0 Å². The first-order valence-corrected chi connectivity index (χ1v) is 2.68. The first-order valence-electron chi connectivity index (χ1n) is 2.23. The van der Waals surface area contributed by atoms with E-state index in [0.717, 1.165) is 4.91 Å². The van der Waals surface area contributed by atoms with E-state index in [2.05, 4.69) is 23.4 Å². The van der Waals surface area contributed by atoms with E-state index in [9.17, 15) is 0 Å². The Morgan fingerprint density at radius 2 is 2.50 bits per heavy atom. The van der Waals surface area contributed by atoms with Crippen molar-refractivity contribution < 1.29 is 0 Å². The predicted molar refractivity (Wildman–Crippen MR) is 38.2 cm³/mol. The van der Waals surface area contributed by atoms with Gasteiger partial charge in [0.2, 0.25) is 0 Å². The van der Waals surface area contributed by atoms with Crippen LogP contribution in [0.4, 0.5) is 0 Å². The molecule has 1 nitrogen and oxygen atoms in total. The molecule has 0 spiro atoms. The monoisotopic (exact) mass is 123 g/mol. The van der Waals surface area contributed by atoms with E-state index in [0.29, 0.717) is 0 Å². The number of allylic oxidation sites excluding steroid dienone is 1. The molecule has 2 heteroatoms. The Bertz CT molecular complexity index is 195. The van der Waals surface area contributed by atoms with E-state index in [1.165, 1.54) is 0 Å². The van der Waals surface area contributed by atoms with E-state index in [1.54, 1.807) is 24.6 Å². The van der Waals surface area contributed by atoms with Crippen molar-refractivity contribution in [1.82, 2.24) is 0 Å². The molecule has 0 radical (unpaired) electrons. The third-order valence-corrected chi connectivity index (χ3v) is 0.939. The fourth-order valence-electron chi connectivity index (χ4n) is 0.376. The molecule has 0 atom stereocenters. The molecule has 0 N–H and O–H groups in total. The highest BCUT2D eigenvalue weighted by atomic mass is 32.1. The van der Waals surface area contributed by atoms with Gasteiger partial charge in [-0.25, -0.2) is 0 Å². The molecule has 0 saturated heterocycles. The van der Waals surface area contributed by atoms with Crippen LogP contribution in [0.3, 0.4) is 0 Å². The van der Waals surface area contributed by atoms with Gasteiger partial charge in [0.1, 0.15) is 0 Å². The van der Waals surface area contributed by atoms with Crippen LogP contribution in [0.5, 0.6) is 0 Å². The van der Waals surface area contributed by atoms with Gasteiger partial charge in [0.25, 0.3) is 0 Å². The molecular weight excluding hydrogens is 118 g/mol. The van der Waals surface area contributed by atoms with E-state index in [1.807, 2.05) is 0 Å². The van der Waals surface area contributed by atoms with E-state index in [-0.39, 0.29) is 0 Å². The topological polar surface area (TPSA) is 12.4 Å². The summed E-state index contributed by atoms with van der Waals surface area (Å²) in [5.41, 5.74) is 2.85. The molecule has 0 aromatic rings. The fourth-order valence-corrected chi connectivity index (χ4v) is 0.517. The summed E-state index contributed by atoms with van der Waals surface area (Å²) in [6.45, 7) is 0. The highest BCUT2D eigenvalue weighted by Gasteiger charge is 1.78. The van der Waals surface area contributed by atoms with Crippen LogP contribution in [0.15, 0.2) is 34.0 Å². The second-order valence-electron chi connectivity index (χ2n) is 1.33. The van der Waals surface area contributed by atoms with Gasteiger partial charge in [-0.3, -0.25) is 4.99 Å². The number of hydrogen-bond acceptors (Lipinski definition) is 2. The number of hydrogen-bond donors (Lipinski definition) is 1. The number of thiol groups is 1. The summed E-state index contributed by atoms with van der Waals surface area (Å²) in [4.78, 5) is 4.67. The van der Waals surface area contributed by atoms with Gasteiger partial charge in [-0.05, 0) is 12.2 Å². The Hall–Kier alpha value is -0.720. The summed E-state index contributed by atoms with van der Waals surface area (Å²) in [7, 11) is 0. The lowest BCUT2D eigenvalue weighted by Gasteiger charge is -1.77. The van der Waals surface area contributed by atoms with Gasteiger partial charge in [-0.2, -0.15) is 0 Å². The average molecular weight is 123 g/mol. The van der Waals surface area contributed by atoms with Gasteiger partial charge >= 0.3 is 0 Å². The van der Waals surface area contributed by atoms with Crippen molar-refractivity contribution in [1.29, 1.82) is 0 Å². The van der Waals surface area contributed by atoms with E-state index in [4.69, 9.17) is 0 Å². The minimum Gasteiger partial charge on any atom is -0.263 e. The van der Waals surface area contributed by atoms with Crippen LogP contribution in [-0.2, 0) is 0 Å². The third kappa shape index (κ3) is 1.41. The average Bonchev–Trinajstić information content (AvgIpc) is 1.94. The van der Waals surface area contributed by atoms with Crippen molar-refractivity contribution in [3.05, 3.63) is 29.0 Å². The zero-order chi connectivity index (χ0) is 5.82. The number of aliphatic imine (C=N–C) groups is 1. The maximum atomic E-state index is 4.04. The molecule has 40 valence electrons. The highest BCUT2D eigenvalue weighted by Crippen LogP contribution is 2.01. The lowest BCUT2D eigenvalue weighted by molar-refractivity contribution is 1.59. The standard InChI is InChI=1S/C6H5NS/c8-6-3-1-2-4-7-5-6/h2-5,8H. The van der Waals surface area contributed by atoms with Gasteiger partial charge in [0.05, 0.1) is 0 Å². The van der Waals surface area contributed by atoms with Crippen LogP contribution in [0.25, 0.3) is 0 Å². The quantitative estimate of drug-likeness (QED) is 0.370. The fraction of sp³-hybridized carbons (Fsp3) is 0. The summed E-state index contributed by atoms with van der Waals surface area (Å²) in [6, 6.07) is 0. The Labute approximate surface area is 53.5 Å². The van der Waals surface area contributed by atoms with Crippen molar-refractivity contribution in [3.63, 3.8) is 0 Å². The minimum absolute atomic E-state index is 0.829. The maximum Gasteiger partial charge on any atom is 0.0407 e. The van der Waals surface area contributed by atoms with Crippen LogP contribution in [-0.4, -0.2) is 6.21 Å². The Morgan fingerprint density at radius 1 is 1.62 bits per heavy atom. The number of rotatable bonds is 0. The summed E-state index contributed by atoms with van der Waals surface area (Å²) in [5.74, 6) is 0. The lowest BCUT2D eigenvalue weighted by atomic mass is 10.5. The third-order valence-electron chi connectivity index (χ3n) is 0.695. The second kappa shape index (κ2) is 2.55. The molecular formula is C6H5NS. The van der Waals surface area contributed by atoms with Gasteiger partial charge in [0.15, 0.2) is 0 Å². The smallest absolute Gasteiger partial charge is 0.0407 e. The molecule has 1 rings (SSSR count). The molecule has 0 amide bonds. The zero-order valence-corrected chi connectivity index (χ0v) is 5.10. The Morgan fingerprint density at radius 3 is 3.38 bits per heavy atom. The van der Waals surface area contributed by atoms with Crippen LogP contribution in [0.1, 0.15) is 0 Å². The van der Waals surface area contributed by atoms with Crippen molar-refractivity contribution >= 4 is 18.8 Å². The molecule has 0 unspecified atom stereocenters.